The number of benzene rings is 1. The second kappa shape index (κ2) is 19.0. The molecule has 0 radical (unpaired) electrons. The molecule has 2 aliphatic rings. The summed E-state index contributed by atoms with van der Waals surface area (Å²) in [5.41, 5.74) is 2.97. The fourth-order valence-electron chi connectivity index (χ4n) is 6.16. The van der Waals surface area contributed by atoms with Crippen LogP contribution in [0.1, 0.15) is 64.2 Å². The van der Waals surface area contributed by atoms with Gasteiger partial charge in [-0.25, -0.2) is 24.1 Å². The summed E-state index contributed by atoms with van der Waals surface area (Å²) >= 11 is 0. The van der Waals surface area contributed by atoms with Gasteiger partial charge < -0.3 is 15.0 Å². The van der Waals surface area contributed by atoms with Crippen LogP contribution >= 0.6 is 0 Å². The Labute approximate surface area is 303 Å². The summed E-state index contributed by atoms with van der Waals surface area (Å²) in [6.07, 6.45) is 25.4. The van der Waals surface area contributed by atoms with Crippen molar-refractivity contribution in [3.63, 3.8) is 0 Å². The van der Waals surface area contributed by atoms with E-state index in [1.54, 1.807) is 47.9 Å². The first-order valence-electron chi connectivity index (χ1n) is 17.6. The molecular weight excluding hydrogens is 662 g/mol. The minimum absolute atomic E-state index is 0.00968. The summed E-state index contributed by atoms with van der Waals surface area (Å²) in [6.45, 7) is 0. The van der Waals surface area contributed by atoms with Gasteiger partial charge in [0.25, 0.3) is 5.69 Å². The highest BCUT2D eigenvalue weighted by Crippen LogP contribution is 2.23. The number of nitro benzene ring substituents is 1. The third-order valence-electron chi connectivity index (χ3n) is 9.20. The van der Waals surface area contributed by atoms with Gasteiger partial charge >= 0.3 is 12.1 Å². The van der Waals surface area contributed by atoms with Crippen molar-refractivity contribution in [3.05, 3.63) is 108 Å². The maximum absolute atomic E-state index is 12.5. The summed E-state index contributed by atoms with van der Waals surface area (Å²) in [4.78, 5) is 52.9. The van der Waals surface area contributed by atoms with Crippen molar-refractivity contribution in [1.29, 1.82) is 0 Å². The van der Waals surface area contributed by atoms with E-state index in [0.717, 1.165) is 35.7 Å². The van der Waals surface area contributed by atoms with Crippen molar-refractivity contribution in [2.45, 2.75) is 76.3 Å². The van der Waals surface area contributed by atoms with Crippen LogP contribution in [0.4, 0.5) is 15.3 Å². The summed E-state index contributed by atoms with van der Waals surface area (Å²) < 4.78 is 7.88. The first kappa shape index (κ1) is 37.5. The molecule has 0 atom stereocenters. The SMILES string of the molecule is CN(C(=O)n1cnc(-c2cccnc2)c1)C1CCCCC1.CNC1CCCCC1.O=C(Oc1ccc([N+](=O)[O-])cc1)n1cnc(-c2cccnc2)c1. The van der Waals surface area contributed by atoms with Crippen LogP contribution in [0.3, 0.4) is 0 Å². The Bertz CT molecular complexity index is 1850. The average Bonchev–Trinajstić information content (AvgIpc) is 3.91. The van der Waals surface area contributed by atoms with Crippen LogP contribution in [0.25, 0.3) is 22.5 Å². The summed E-state index contributed by atoms with van der Waals surface area (Å²) in [6, 6.07) is 13.8. The molecule has 1 amide bonds. The number of ether oxygens (including phenoxy) is 1. The molecule has 7 rings (SSSR count). The zero-order valence-corrected chi connectivity index (χ0v) is 29.6. The fraction of sp³-hybridized carbons (Fsp3) is 0.368. The van der Waals surface area contributed by atoms with Crippen molar-refractivity contribution in [1.82, 2.24) is 39.3 Å². The number of nitrogens with zero attached hydrogens (tertiary/aromatic N) is 8. The van der Waals surface area contributed by atoms with Gasteiger partial charge in [-0.05, 0) is 69.1 Å². The molecular formula is C38H45N9O5. The molecule has 52 heavy (non-hydrogen) atoms. The number of non-ortho nitro benzene ring substituents is 1. The van der Waals surface area contributed by atoms with E-state index < -0.39 is 11.0 Å². The molecule has 2 saturated carbocycles. The fourth-order valence-corrected chi connectivity index (χ4v) is 6.16. The minimum Gasteiger partial charge on any atom is -0.410 e. The maximum atomic E-state index is 12.5. The standard InChI is InChI=1S/C16H20N4O.C15H10N4O4.C7H15N/c1-19(14-7-3-2-4-8-14)16(21)20-11-15(18-12-20)13-6-5-9-17-10-13;20-15(23-13-5-3-12(4-6-13)19(21)22)18-9-14(17-10-18)11-2-1-7-16-8-11;1-8-7-5-3-2-4-6-7/h5-6,9-12,14H,2-4,7-8H2,1H3;1-10H;7-8H,2-6H2,1H3. The number of amides is 1. The van der Waals surface area contributed by atoms with Crippen LogP contribution in [-0.4, -0.2) is 77.2 Å². The van der Waals surface area contributed by atoms with Crippen LogP contribution in [0.15, 0.2) is 98.4 Å². The van der Waals surface area contributed by atoms with E-state index in [-0.39, 0.29) is 17.5 Å². The van der Waals surface area contributed by atoms with E-state index in [4.69, 9.17) is 4.74 Å². The Kier molecular flexibility index (Phi) is 13.7. The predicted molar refractivity (Wildman–Crippen MR) is 197 cm³/mol. The van der Waals surface area contributed by atoms with Crippen LogP contribution in [0.2, 0.25) is 0 Å². The third kappa shape index (κ3) is 10.6. The van der Waals surface area contributed by atoms with Crippen molar-refractivity contribution in [2.75, 3.05) is 14.1 Å². The molecule has 1 aromatic carbocycles. The lowest BCUT2D eigenvalue weighted by Gasteiger charge is -2.31. The largest absolute Gasteiger partial charge is 0.424 e. The van der Waals surface area contributed by atoms with Crippen LogP contribution < -0.4 is 10.1 Å². The first-order chi connectivity index (χ1) is 25.3. The van der Waals surface area contributed by atoms with Crippen LogP contribution in [-0.2, 0) is 0 Å². The Morgan fingerprint density at radius 3 is 1.85 bits per heavy atom. The van der Waals surface area contributed by atoms with Crippen molar-refractivity contribution < 1.29 is 19.2 Å². The smallest absolute Gasteiger partial charge is 0.410 e. The molecule has 1 N–H and O–H groups in total. The number of carbonyl (C=O) groups is 2. The molecule has 0 bridgehead atoms. The highest BCUT2D eigenvalue weighted by atomic mass is 16.6. The molecule has 4 heterocycles. The topological polar surface area (TPSA) is 163 Å². The van der Waals surface area contributed by atoms with E-state index in [2.05, 4.69) is 32.3 Å². The van der Waals surface area contributed by atoms with Crippen LogP contribution in [0, 0.1) is 10.1 Å². The highest BCUT2D eigenvalue weighted by Gasteiger charge is 2.23. The Balaban J connectivity index is 0.000000167. The van der Waals surface area contributed by atoms with Gasteiger partial charge in [-0.3, -0.25) is 24.6 Å². The average molecular weight is 708 g/mol. The molecule has 14 nitrogen and oxygen atoms in total. The predicted octanol–water partition coefficient (Wildman–Crippen LogP) is 7.62. The number of nitro groups is 1. The molecule has 0 unspecified atom stereocenters. The Morgan fingerprint density at radius 1 is 0.808 bits per heavy atom. The first-order valence-corrected chi connectivity index (χ1v) is 17.6. The Morgan fingerprint density at radius 2 is 1.35 bits per heavy atom. The molecule has 0 saturated heterocycles. The van der Waals surface area contributed by atoms with Crippen molar-refractivity contribution in [2.24, 2.45) is 0 Å². The lowest BCUT2D eigenvalue weighted by molar-refractivity contribution is -0.384. The molecule has 0 aliphatic heterocycles. The van der Waals surface area contributed by atoms with Gasteiger partial charge in [-0.2, -0.15) is 0 Å². The monoisotopic (exact) mass is 707 g/mol. The van der Waals surface area contributed by atoms with E-state index in [1.165, 1.54) is 92.7 Å². The number of pyridine rings is 2. The number of hydrogen-bond donors (Lipinski definition) is 1. The summed E-state index contributed by atoms with van der Waals surface area (Å²) in [5, 5.41) is 13.9. The molecule has 4 aromatic heterocycles. The number of hydrogen-bond acceptors (Lipinski definition) is 10. The van der Waals surface area contributed by atoms with Gasteiger partial charge in [-0.15, -0.1) is 0 Å². The van der Waals surface area contributed by atoms with E-state index in [9.17, 15) is 19.7 Å². The zero-order chi connectivity index (χ0) is 36.7. The lowest BCUT2D eigenvalue weighted by Crippen LogP contribution is -2.40. The van der Waals surface area contributed by atoms with E-state index in [1.807, 2.05) is 30.1 Å². The highest BCUT2D eigenvalue weighted by molar-refractivity contribution is 5.78. The lowest BCUT2D eigenvalue weighted by atomic mass is 9.95. The van der Waals surface area contributed by atoms with E-state index >= 15 is 0 Å². The van der Waals surface area contributed by atoms with Gasteiger partial charge in [0.1, 0.15) is 18.4 Å². The molecule has 272 valence electrons. The molecule has 2 aliphatic carbocycles. The molecule has 2 fully saturated rings. The van der Waals surface area contributed by atoms with Crippen LogP contribution in [0.5, 0.6) is 5.75 Å². The van der Waals surface area contributed by atoms with Gasteiger partial charge in [0.05, 0.1) is 16.3 Å². The van der Waals surface area contributed by atoms with Crippen molar-refractivity contribution >= 4 is 17.8 Å². The number of aromatic nitrogens is 6. The van der Waals surface area contributed by atoms with Gasteiger partial charge in [0, 0.05) is 79.6 Å². The van der Waals surface area contributed by atoms with Gasteiger partial charge in [0.15, 0.2) is 0 Å². The quantitative estimate of drug-likeness (QED) is 0.137. The molecule has 14 heteroatoms. The second-order valence-corrected chi connectivity index (χ2v) is 12.7. The number of rotatable bonds is 6. The maximum Gasteiger partial charge on any atom is 0.424 e. The Hall–Kier alpha value is -5.76. The summed E-state index contributed by atoms with van der Waals surface area (Å²) in [5.74, 6) is 0.206. The number of imidazole rings is 2. The number of nitrogens with one attached hydrogen (secondary N) is 1. The molecule has 0 spiro atoms. The van der Waals surface area contributed by atoms with E-state index in [0.29, 0.717) is 11.7 Å². The summed E-state index contributed by atoms with van der Waals surface area (Å²) in [7, 11) is 3.96. The minimum atomic E-state index is -0.665. The zero-order valence-electron chi connectivity index (χ0n) is 29.6. The van der Waals surface area contributed by atoms with Gasteiger partial charge in [-0.1, -0.05) is 38.5 Å². The van der Waals surface area contributed by atoms with Crippen molar-refractivity contribution in [3.8, 4) is 28.3 Å². The molecule has 5 aromatic rings. The second-order valence-electron chi connectivity index (χ2n) is 12.7. The normalized spacial score (nSPS) is 14.6. The third-order valence-corrected chi connectivity index (χ3v) is 9.20. The van der Waals surface area contributed by atoms with Gasteiger partial charge in [0.2, 0.25) is 0 Å². The number of carbonyl (C=O) groups excluding carboxylic acids is 2.